The van der Waals surface area contributed by atoms with E-state index in [-0.39, 0.29) is 17.4 Å². The van der Waals surface area contributed by atoms with Gasteiger partial charge in [0, 0.05) is 16.6 Å². The van der Waals surface area contributed by atoms with Gasteiger partial charge in [-0.2, -0.15) is 0 Å². The monoisotopic (exact) mass is 360 g/mol. The lowest BCUT2D eigenvalue weighted by Gasteiger charge is -2.05. The van der Waals surface area contributed by atoms with Gasteiger partial charge in [-0.3, -0.25) is 4.79 Å². The van der Waals surface area contributed by atoms with Gasteiger partial charge in [-0.05, 0) is 25.1 Å². The fraction of sp³-hybridized carbons (Fsp3) is 0.111. The van der Waals surface area contributed by atoms with Crippen LogP contribution in [0.4, 0.5) is 10.1 Å². The van der Waals surface area contributed by atoms with Gasteiger partial charge in [-0.25, -0.2) is 9.37 Å². The third-order valence-corrected chi connectivity index (χ3v) is 4.63. The number of carbonyl (C=O) groups excluding carboxylic acids is 1. The predicted molar refractivity (Wildman–Crippen MR) is 96.0 cm³/mol. The van der Waals surface area contributed by atoms with Crippen molar-refractivity contribution in [3.63, 3.8) is 0 Å². The van der Waals surface area contributed by atoms with Crippen LogP contribution in [-0.2, 0) is 11.2 Å². The van der Waals surface area contributed by atoms with E-state index in [2.05, 4.69) is 10.3 Å². The van der Waals surface area contributed by atoms with Crippen molar-refractivity contribution in [1.82, 2.24) is 4.98 Å². The van der Waals surface area contributed by atoms with E-state index < -0.39 is 5.82 Å². The molecule has 0 spiro atoms. The molecule has 0 aliphatic carbocycles. The molecule has 3 aromatic rings. The van der Waals surface area contributed by atoms with E-state index in [1.807, 2.05) is 36.6 Å². The Bertz CT molecular complexity index is 877. The highest BCUT2D eigenvalue weighted by atomic mass is 35.5. The molecule has 0 unspecified atom stereocenters. The summed E-state index contributed by atoms with van der Waals surface area (Å²) < 4.78 is 13.1. The molecule has 0 fully saturated rings. The summed E-state index contributed by atoms with van der Waals surface area (Å²) in [5.41, 5.74) is 3.37. The third kappa shape index (κ3) is 3.99. The van der Waals surface area contributed by atoms with Crippen molar-refractivity contribution in [2.45, 2.75) is 13.3 Å². The lowest BCUT2D eigenvalue weighted by Crippen LogP contribution is -2.14. The van der Waals surface area contributed by atoms with Gasteiger partial charge in [0.2, 0.25) is 5.91 Å². The van der Waals surface area contributed by atoms with Gasteiger partial charge < -0.3 is 5.32 Å². The van der Waals surface area contributed by atoms with Crippen molar-refractivity contribution in [1.29, 1.82) is 0 Å². The normalized spacial score (nSPS) is 10.6. The maximum atomic E-state index is 13.1. The summed E-state index contributed by atoms with van der Waals surface area (Å²) in [5, 5.41) is 5.41. The molecule has 0 radical (unpaired) electrons. The number of carbonyl (C=O) groups is 1. The summed E-state index contributed by atoms with van der Waals surface area (Å²) in [5.74, 6) is -0.740. The Labute approximate surface area is 148 Å². The average molecular weight is 361 g/mol. The minimum atomic E-state index is -0.517. The van der Waals surface area contributed by atoms with Gasteiger partial charge in [-0.1, -0.05) is 41.4 Å². The summed E-state index contributed by atoms with van der Waals surface area (Å²) in [6.45, 7) is 2.03. The number of hydrogen-bond acceptors (Lipinski definition) is 3. The highest BCUT2D eigenvalue weighted by molar-refractivity contribution is 7.13. The third-order valence-electron chi connectivity index (χ3n) is 3.40. The maximum Gasteiger partial charge on any atom is 0.230 e. The van der Waals surface area contributed by atoms with Gasteiger partial charge in [0.15, 0.2) is 0 Å². The number of rotatable bonds is 4. The zero-order valence-corrected chi connectivity index (χ0v) is 14.4. The molecule has 3 rings (SSSR count). The maximum absolute atomic E-state index is 13.1. The number of aromatic nitrogens is 1. The molecular formula is C18H14ClFN2OS. The number of nitrogens with zero attached hydrogens (tertiary/aromatic N) is 1. The number of halogens is 2. The van der Waals surface area contributed by atoms with Crippen molar-refractivity contribution < 1.29 is 9.18 Å². The van der Waals surface area contributed by atoms with Crippen molar-refractivity contribution in [2.24, 2.45) is 0 Å². The minimum absolute atomic E-state index is 0.0249. The Morgan fingerprint density at radius 1 is 1.25 bits per heavy atom. The number of nitrogens with one attached hydrogen (secondary N) is 1. The molecule has 1 aromatic heterocycles. The first-order valence-electron chi connectivity index (χ1n) is 7.27. The summed E-state index contributed by atoms with van der Waals surface area (Å²) in [7, 11) is 0. The topological polar surface area (TPSA) is 42.0 Å². The molecule has 0 aliphatic rings. The van der Waals surface area contributed by atoms with E-state index in [1.54, 1.807) is 0 Å². The molecule has 122 valence electrons. The second-order valence-corrected chi connectivity index (χ2v) is 6.63. The van der Waals surface area contributed by atoms with E-state index >= 15 is 0 Å². The van der Waals surface area contributed by atoms with E-state index in [4.69, 9.17) is 11.6 Å². The largest absolute Gasteiger partial charge is 0.326 e. The van der Waals surface area contributed by atoms with Gasteiger partial charge in [0.25, 0.3) is 0 Å². The van der Waals surface area contributed by atoms with Crippen LogP contribution in [0, 0.1) is 12.7 Å². The highest BCUT2D eigenvalue weighted by Crippen LogP contribution is 2.24. The average Bonchev–Trinajstić information content (AvgIpc) is 3.00. The van der Waals surface area contributed by atoms with Crippen LogP contribution in [0.2, 0.25) is 5.02 Å². The van der Waals surface area contributed by atoms with E-state index in [1.165, 1.54) is 35.1 Å². The molecule has 0 saturated heterocycles. The van der Waals surface area contributed by atoms with Crippen LogP contribution in [0.25, 0.3) is 10.6 Å². The number of thiazole rings is 1. The zero-order valence-electron chi connectivity index (χ0n) is 12.8. The first-order chi connectivity index (χ1) is 11.5. The number of hydrogen-bond donors (Lipinski definition) is 1. The van der Waals surface area contributed by atoms with Crippen LogP contribution >= 0.6 is 22.9 Å². The molecule has 1 heterocycles. The molecule has 0 aliphatic heterocycles. The Morgan fingerprint density at radius 2 is 2.00 bits per heavy atom. The van der Waals surface area contributed by atoms with Gasteiger partial charge in [0.05, 0.1) is 17.1 Å². The quantitative estimate of drug-likeness (QED) is 0.704. The van der Waals surface area contributed by atoms with Crippen LogP contribution in [0.1, 0.15) is 11.3 Å². The van der Waals surface area contributed by atoms with Gasteiger partial charge >= 0.3 is 0 Å². The lowest BCUT2D eigenvalue weighted by atomic mass is 10.2. The Kier molecular flexibility index (Phi) is 4.92. The predicted octanol–water partition coefficient (Wildman–Crippen LogP) is 5.09. The van der Waals surface area contributed by atoms with Crippen molar-refractivity contribution in [2.75, 3.05) is 5.32 Å². The standard InChI is InChI=1S/C18H14ClFN2OS/c1-11-2-4-12(5-3-11)18-22-14(10-24-18)9-17(23)21-13-6-7-16(20)15(19)8-13/h2-8,10H,9H2,1H3,(H,21,23). The number of aryl methyl sites for hydroxylation is 1. The first-order valence-corrected chi connectivity index (χ1v) is 8.53. The molecule has 0 bridgehead atoms. The van der Waals surface area contributed by atoms with Crippen molar-refractivity contribution in [3.8, 4) is 10.6 Å². The fourth-order valence-electron chi connectivity index (χ4n) is 2.16. The SMILES string of the molecule is Cc1ccc(-c2nc(CC(=O)Nc3ccc(F)c(Cl)c3)cs2)cc1. The minimum Gasteiger partial charge on any atom is -0.326 e. The first kappa shape index (κ1) is 16.6. The summed E-state index contributed by atoms with van der Waals surface area (Å²) in [4.78, 5) is 16.6. The molecule has 0 atom stereocenters. The molecule has 3 nitrogen and oxygen atoms in total. The van der Waals surface area contributed by atoms with Crippen LogP contribution in [0.15, 0.2) is 47.8 Å². The number of benzene rings is 2. The summed E-state index contributed by atoms with van der Waals surface area (Å²) in [6, 6.07) is 12.2. The van der Waals surface area contributed by atoms with Gasteiger partial charge in [-0.15, -0.1) is 11.3 Å². The van der Waals surface area contributed by atoms with Crippen LogP contribution in [0.5, 0.6) is 0 Å². The smallest absolute Gasteiger partial charge is 0.230 e. The molecular weight excluding hydrogens is 347 g/mol. The van der Waals surface area contributed by atoms with Crippen LogP contribution < -0.4 is 5.32 Å². The van der Waals surface area contributed by atoms with E-state index in [0.717, 1.165) is 10.6 Å². The summed E-state index contributed by atoms with van der Waals surface area (Å²) >= 11 is 7.20. The second-order valence-electron chi connectivity index (χ2n) is 5.36. The zero-order chi connectivity index (χ0) is 17.1. The molecule has 24 heavy (non-hydrogen) atoms. The Balaban J connectivity index is 1.66. The highest BCUT2D eigenvalue weighted by Gasteiger charge is 2.10. The lowest BCUT2D eigenvalue weighted by molar-refractivity contribution is -0.115. The molecule has 1 amide bonds. The van der Waals surface area contributed by atoms with Crippen molar-refractivity contribution >= 4 is 34.5 Å². The second kappa shape index (κ2) is 7.11. The molecule has 0 saturated carbocycles. The number of amides is 1. The fourth-order valence-corrected chi connectivity index (χ4v) is 3.17. The van der Waals surface area contributed by atoms with Crippen LogP contribution in [-0.4, -0.2) is 10.9 Å². The van der Waals surface area contributed by atoms with Crippen LogP contribution in [0.3, 0.4) is 0 Å². The van der Waals surface area contributed by atoms with E-state index in [0.29, 0.717) is 11.4 Å². The Hall–Kier alpha value is -2.24. The molecule has 1 N–H and O–H groups in total. The van der Waals surface area contributed by atoms with Gasteiger partial charge in [0.1, 0.15) is 10.8 Å². The van der Waals surface area contributed by atoms with Crippen molar-refractivity contribution in [3.05, 3.63) is 69.9 Å². The summed E-state index contributed by atoms with van der Waals surface area (Å²) in [6.07, 6.45) is 0.150. The molecule has 2 aromatic carbocycles. The van der Waals surface area contributed by atoms with E-state index in [9.17, 15) is 9.18 Å². The Morgan fingerprint density at radius 3 is 2.71 bits per heavy atom. The molecule has 6 heteroatoms. The number of anilines is 1.